The maximum Gasteiger partial charge on any atom is 0.416 e. The van der Waals surface area contributed by atoms with Gasteiger partial charge in [-0.2, -0.15) is 0 Å². The summed E-state index contributed by atoms with van der Waals surface area (Å²) in [5.74, 6) is -0.292. The van der Waals surface area contributed by atoms with Crippen molar-refractivity contribution in [1.29, 1.82) is 0 Å². The summed E-state index contributed by atoms with van der Waals surface area (Å²) in [7, 11) is -3.58. The summed E-state index contributed by atoms with van der Waals surface area (Å²) in [6.07, 6.45) is -0.421. The molecule has 0 aliphatic rings. The molecule has 0 saturated carbocycles. The van der Waals surface area contributed by atoms with Crippen LogP contribution in [0.2, 0.25) is 0 Å². The van der Waals surface area contributed by atoms with Crippen LogP contribution in [-0.2, 0) is 19.6 Å². The normalized spacial score (nSPS) is 12.0. The molecule has 17 heavy (non-hydrogen) atoms. The van der Waals surface area contributed by atoms with E-state index in [2.05, 4.69) is 0 Å². The summed E-state index contributed by atoms with van der Waals surface area (Å²) in [6, 6.07) is 0. The molecule has 0 spiro atoms. The number of hydrogen-bond acceptors (Lipinski definition) is 5. The van der Waals surface area contributed by atoms with E-state index in [0.29, 0.717) is 6.41 Å². The van der Waals surface area contributed by atoms with E-state index >= 15 is 0 Å². The van der Waals surface area contributed by atoms with Crippen molar-refractivity contribution in [3.05, 3.63) is 0 Å². The topological polar surface area (TPSA) is 107 Å². The van der Waals surface area contributed by atoms with E-state index in [1.165, 1.54) is 0 Å². The molecule has 7 nitrogen and oxygen atoms in total. The molecule has 100 valence electrons. The van der Waals surface area contributed by atoms with Crippen LogP contribution in [0.25, 0.3) is 0 Å². The molecule has 0 fully saturated rings. The first kappa shape index (κ1) is 15.9. The second-order valence-corrected chi connectivity index (χ2v) is 6.23. The highest BCUT2D eigenvalue weighted by atomic mass is 32.2. The Morgan fingerprint density at radius 2 is 1.94 bits per heavy atom. The minimum absolute atomic E-state index is 0.0468. The Hall–Kier alpha value is -1.15. The van der Waals surface area contributed by atoms with E-state index in [1.54, 1.807) is 20.8 Å². The number of sulfonamides is 1. The summed E-state index contributed by atoms with van der Waals surface area (Å²) in [5.41, 5.74) is -0.710. The lowest BCUT2D eigenvalue weighted by molar-refractivity contribution is -0.117. The van der Waals surface area contributed by atoms with Gasteiger partial charge in [0.1, 0.15) is 5.60 Å². The van der Waals surface area contributed by atoms with Crippen molar-refractivity contribution >= 4 is 22.5 Å². The summed E-state index contributed by atoms with van der Waals surface area (Å²) in [5, 5.41) is 4.79. The molecule has 0 aromatic rings. The lowest BCUT2D eigenvalue weighted by Crippen LogP contribution is -2.37. The smallest absolute Gasteiger partial charge is 0.416 e. The molecule has 0 bridgehead atoms. The van der Waals surface area contributed by atoms with Crippen LogP contribution in [0.4, 0.5) is 4.79 Å². The quantitative estimate of drug-likeness (QED) is 0.708. The highest BCUT2D eigenvalue weighted by Gasteiger charge is 2.21. The van der Waals surface area contributed by atoms with E-state index in [-0.39, 0.29) is 18.7 Å². The molecule has 0 aliphatic carbocycles. The number of rotatable bonds is 5. The molecule has 0 radical (unpaired) electrons. The fourth-order valence-electron chi connectivity index (χ4n) is 0.944. The van der Waals surface area contributed by atoms with Crippen LogP contribution in [0.5, 0.6) is 0 Å². The molecule has 0 atom stereocenters. The van der Waals surface area contributed by atoms with Gasteiger partial charge in [0.15, 0.2) is 0 Å². The molecule has 2 amide bonds. The van der Waals surface area contributed by atoms with E-state index in [0.717, 1.165) is 4.90 Å². The molecule has 0 saturated heterocycles. The van der Waals surface area contributed by atoms with Crippen molar-refractivity contribution in [2.24, 2.45) is 5.14 Å². The molecule has 0 aliphatic heterocycles. The zero-order chi connectivity index (χ0) is 13.7. The largest absolute Gasteiger partial charge is 0.443 e. The molecule has 0 unspecified atom stereocenters. The SMILES string of the molecule is CC(C)(C)OC(=O)N(C=O)CCCS(N)(=O)=O. The number of amides is 2. The van der Waals surface area contributed by atoms with Crippen LogP contribution in [0.1, 0.15) is 27.2 Å². The Labute approximate surface area is 101 Å². The van der Waals surface area contributed by atoms with Crippen LogP contribution in [0, 0.1) is 0 Å². The zero-order valence-corrected chi connectivity index (χ0v) is 11.0. The molecule has 0 aromatic carbocycles. The van der Waals surface area contributed by atoms with Crippen molar-refractivity contribution < 1.29 is 22.7 Å². The van der Waals surface area contributed by atoms with Crippen LogP contribution in [-0.4, -0.2) is 43.7 Å². The van der Waals surface area contributed by atoms with E-state index < -0.39 is 21.7 Å². The average molecular weight is 266 g/mol. The summed E-state index contributed by atoms with van der Waals surface area (Å²) in [6.45, 7) is 4.95. The second-order valence-electron chi connectivity index (χ2n) is 4.50. The third-order valence-electron chi connectivity index (χ3n) is 1.58. The van der Waals surface area contributed by atoms with Gasteiger partial charge in [0.25, 0.3) is 0 Å². The van der Waals surface area contributed by atoms with Crippen molar-refractivity contribution in [3.8, 4) is 0 Å². The van der Waals surface area contributed by atoms with Gasteiger partial charge in [-0.1, -0.05) is 0 Å². The van der Waals surface area contributed by atoms with Gasteiger partial charge in [-0.25, -0.2) is 23.3 Å². The lowest BCUT2D eigenvalue weighted by Gasteiger charge is -2.23. The maximum atomic E-state index is 11.4. The fraction of sp³-hybridized carbons (Fsp3) is 0.778. The predicted octanol–water partition coefficient (Wildman–Crippen LogP) is 0.0585. The average Bonchev–Trinajstić information content (AvgIpc) is 2.07. The van der Waals surface area contributed by atoms with Crippen molar-refractivity contribution in [2.45, 2.75) is 32.8 Å². The van der Waals surface area contributed by atoms with Gasteiger partial charge in [0.2, 0.25) is 16.4 Å². The Bertz CT molecular complexity index is 371. The Balaban J connectivity index is 4.25. The standard InChI is InChI=1S/C9H18N2O5S/c1-9(2,3)16-8(13)11(7-12)5-4-6-17(10,14)15/h7H,4-6H2,1-3H3,(H2,10,14,15). The predicted molar refractivity (Wildman–Crippen MR) is 61.6 cm³/mol. The Morgan fingerprint density at radius 1 is 1.41 bits per heavy atom. The Morgan fingerprint density at radius 3 is 2.29 bits per heavy atom. The van der Waals surface area contributed by atoms with Gasteiger partial charge >= 0.3 is 6.09 Å². The van der Waals surface area contributed by atoms with Crippen LogP contribution in [0.15, 0.2) is 0 Å². The highest BCUT2D eigenvalue weighted by molar-refractivity contribution is 7.89. The van der Waals surface area contributed by atoms with Gasteiger partial charge in [0, 0.05) is 6.54 Å². The van der Waals surface area contributed by atoms with Gasteiger partial charge in [0.05, 0.1) is 5.75 Å². The molecule has 2 N–H and O–H groups in total. The van der Waals surface area contributed by atoms with E-state index in [1.807, 2.05) is 0 Å². The van der Waals surface area contributed by atoms with E-state index in [9.17, 15) is 18.0 Å². The fourth-order valence-corrected chi connectivity index (χ4v) is 1.48. The monoisotopic (exact) mass is 266 g/mol. The first-order valence-electron chi connectivity index (χ1n) is 5.00. The number of carbonyl (C=O) groups excluding carboxylic acids is 2. The number of nitrogens with zero attached hydrogens (tertiary/aromatic N) is 1. The third-order valence-corrected chi connectivity index (χ3v) is 2.44. The highest BCUT2D eigenvalue weighted by Crippen LogP contribution is 2.09. The number of hydrogen-bond donors (Lipinski definition) is 1. The van der Waals surface area contributed by atoms with Crippen LogP contribution in [0.3, 0.4) is 0 Å². The first-order valence-corrected chi connectivity index (χ1v) is 6.72. The minimum atomic E-state index is -3.58. The van der Waals surface area contributed by atoms with Crippen molar-refractivity contribution in [2.75, 3.05) is 12.3 Å². The number of nitrogens with two attached hydrogens (primary N) is 1. The minimum Gasteiger partial charge on any atom is -0.443 e. The lowest BCUT2D eigenvalue weighted by atomic mass is 10.2. The van der Waals surface area contributed by atoms with Crippen LogP contribution >= 0.6 is 0 Å². The van der Waals surface area contributed by atoms with Gasteiger partial charge in [-0.15, -0.1) is 0 Å². The summed E-state index contributed by atoms with van der Waals surface area (Å²) in [4.78, 5) is 22.8. The number of ether oxygens (including phenoxy) is 1. The molecule has 0 aromatic heterocycles. The Kier molecular flexibility index (Phi) is 5.56. The zero-order valence-electron chi connectivity index (χ0n) is 10.2. The van der Waals surface area contributed by atoms with Gasteiger partial charge < -0.3 is 4.74 Å². The van der Waals surface area contributed by atoms with Gasteiger partial charge in [-0.3, -0.25) is 4.79 Å². The molecule has 8 heteroatoms. The number of carbonyl (C=O) groups is 2. The summed E-state index contributed by atoms with van der Waals surface area (Å²) < 4.78 is 26.3. The molecular formula is C9H18N2O5S. The maximum absolute atomic E-state index is 11.4. The molecular weight excluding hydrogens is 248 g/mol. The van der Waals surface area contributed by atoms with Crippen molar-refractivity contribution in [1.82, 2.24) is 4.90 Å². The number of primary sulfonamides is 1. The third kappa shape index (κ3) is 8.64. The van der Waals surface area contributed by atoms with Crippen LogP contribution < -0.4 is 5.14 Å². The number of imide groups is 1. The second kappa shape index (κ2) is 5.97. The van der Waals surface area contributed by atoms with E-state index in [4.69, 9.17) is 9.88 Å². The summed E-state index contributed by atoms with van der Waals surface area (Å²) >= 11 is 0. The van der Waals surface area contributed by atoms with Gasteiger partial charge in [-0.05, 0) is 27.2 Å². The molecule has 0 rings (SSSR count). The first-order chi connectivity index (χ1) is 7.55. The molecule has 0 heterocycles. The van der Waals surface area contributed by atoms with Crippen molar-refractivity contribution in [3.63, 3.8) is 0 Å².